The number of ether oxygens (including phenoxy) is 1. The lowest BCUT2D eigenvalue weighted by Gasteiger charge is -2.37. The average molecular weight is 434 g/mol. The molecule has 0 aliphatic carbocycles. The number of amides is 2. The fourth-order valence-electron chi connectivity index (χ4n) is 2.88. The zero-order chi connectivity index (χ0) is 25.2. The molecule has 0 radical (unpaired) electrons. The lowest BCUT2D eigenvalue weighted by Crippen LogP contribution is -2.59. The minimum Gasteiger partial charge on any atom is -0.454 e. The summed E-state index contributed by atoms with van der Waals surface area (Å²) in [6.07, 6.45) is 0.517. The number of carbonyl (C=O) groups is 3. The van der Waals surface area contributed by atoms with Crippen LogP contribution in [0, 0.1) is 10.8 Å². The van der Waals surface area contributed by atoms with E-state index in [2.05, 4.69) is 25.7 Å². The van der Waals surface area contributed by atoms with Gasteiger partial charge in [-0.15, -0.1) is 0 Å². The molecular formula is C24H43BN2O4. The molecule has 0 bridgehead atoms. The fourth-order valence-corrected chi connectivity index (χ4v) is 2.88. The van der Waals surface area contributed by atoms with Gasteiger partial charge in [0.1, 0.15) is 24.4 Å². The van der Waals surface area contributed by atoms with E-state index in [1.54, 1.807) is 20.9 Å². The average Bonchev–Trinajstić information content (AvgIpc) is 2.64. The van der Waals surface area contributed by atoms with E-state index in [-0.39, 0.29) is 11.3 Å². The predicted molar refractivity (Wildman–Crippen MR) is 129 cm³/mol. The Labute approximate surface area is 190 Å². The highest BCUT2D eigenvalue weighted by molar-refractivity contribution is 6.10. The van der Waals surface area contributed by atoms with Gasteiger partial charge < -0.3 is 15.0 Å². The molecule has 0 atom stereocenters. The first-order valence-electron chi connectivity index (χ1n) is 10.8. The van der Waals surface area contributed by atoms with Crippen molar-refractivity contribution < 1.29 is 19.1 Å². The Morgan fingerprint density at radius 2 is 1.35 bits per heavy atom. The van der Waals surface area contributed by atoms with E-state index in [0.717, 1.165) is 16.7 Å². The minimum atomic E-state index is -1.47. The highest BCUT2D eigenvalue weighted by Gasteiger charge is 2.44. The second-order valence-corrected chi connectivity index (χ2v) is 10.6. The number of esters is 1. The summed E-state index contributed by atoms with van der Waals surface area (Å²) in [4.78, 5) is 40.1. The summed E-state index contributed by atoms with van der Waals surface area (Å²) in [5.74, 6) is -1.44. The molecule has 0 spiro atoms. The summed E-state index contributed by atoms with van der Waals surface area (Å²) in [5, 5.41) is 2.71. The van der Waals surface area contributed by atoms with Gasteiger partial charge in [0.25, 0.3) is 0 Å². The first-order valence-corrected chi connectivity index (χ1v) is 10.8. The number of likely N-dealkylation sites (N-methyl/N-ethyl adjacent to an activating group) is 1. The van der Waals surface area contributed by atoms with Gasteiger partial charge in [0.15, 0.2) is 0 Å². The van der Waals surface area contributed by atoms with Crippen molar-refractivity contribution in [3.63, 3.8) is 0 Å². The summed E-state index contributed by atoms with van der Waals surface area (Å²) in [7, 11) is 3.52. The highest BCUT2D eigenvalue weighted by Crippen LogP contribution is 2.39. The Balaban J connectivity index is 5.73. The molecule has 0 fully saturated rings. The molecule has 6 nitrogen and oxygen atoms in total. The van der Waals surface area contributed by atoms with Crippen LogP contribution in [0.1, 0.15) is 76.2 Å². The number of hydrogen-bond acceptors (Lipinski definition) is 4. The third-order valence-corrected chi connectivity index (χ3v) is 6.68. The monoisotopic (exact) mass is 434 g/mol. The predicted octanol–water partition coefficient (Wildman–Crippen LogP) is 3.22. The van der Waals surface area contributed by atoms with Crippen LogP contribution in [0.5, 0.6) is 0 Å². The molecule has 31 heavy (non-hydrogen) atoms. The highest BCUT2D eigenvalue weighted by atomic mass is 16.6. The summed E-state index contributed by atoms with van der Waals surface area (Å²) in [6.45, 7) is 24.1. The zero-order valence-corrected chi connectivity index (χ0v) is 22.0. The van der Waals surface area contributed by atoms with Gasteiger partial charge in [0.05, 0.1) is 0 Å². The van der Waals surface area contributed by atoms with Crippen molar-refractivity contribution in [2.75, 3.05) is 13.5 Å². The van der Waals surface area contributed by atoms with Gasteiger partial charge in [0, 0.05) is 12.5 Å². The van der Waals surface area contributed by atoms with E-state index in [4.69, 9.17) is 4.74 Å². The largest absolute Gasteiger partial charge is 0.454 e. The maximum atomic E-state index is 13.1. The van der Waals surface area contributed by atoms with Gasteiger partial charge in [-0.05, 0) is 74.3 Å². The molecule has 0 aliphatic heterocycles. The summed E-state index contributed by atoms with van der Waals surface area (Å²) >= 11 is 0. The van der Waals surface area contributed by atoms with Crippen LogP contribution < -0.4 is 5.32 Å². The molecule has 0 saturated carbocycles. The van der Waals surface area contributed by atoms with Crippen LogP contribution in [0.15, 0.2) is 23.3 Å². The molecule has 2 amide bonds. The summed E-state index contributed by atoms with van der Waals surface area (Å²) in [6, 6.07) is 0. The van der Waals surface area contributed by atoms with E-state index >= 15 is 0 Å². The van der Waals surface area contributed by atoms with Crippen LogP contribution in [-0.2, 0) is 19.1 Å². The summed E-state index contributed by atoms with van der Waals surface area (Å²) < 4.78 is 5.84. The van der Waals surface area contributed by atoms with Crippen molar-refractivity contribution in [2.45, 2.75) is 87.3 Å². The Morgan fingerprint density at radius 3 is 1.74 bits per heavy atom. The van der Waals surface area contributed by atoms with Crippen LogP contribution in [-0.4, -0.2) is 55.2 Å². The van der Waals surface area contributed by atoms with Crippen molar-refractivity contribution in [3.8, 4) is 0 Å². The fraction of sp³-hybridized carbons (Fsp3) is 0.708. The number of allylic oxidation sites excluding steroid dienone is 2. The Hall–Kier alpha value is -2.05. The number of nitrogens with zero attached hydrogens (tertiary/aromatic N) is 1. The quantitative estimate of drug-likeness (QED) is 0.262. The molecule has 0 aromatic heterocycles. The van der Waals surface area contributed by atoms with E-state index in [0.29, 0.717) is 6.44 Å². The van der Waals surface area contributed by atoms with Crippen molar-refractivity contribution in [3.05, 3.63) is 23.3 Å². The van der Waals surface area contributed by atoms with Crippen molar-refractivity contribution in [1.29, 1.82) is 0 Å². The standard InChI is InChI=1S/C24H43BN2O4/c1-15(2)21(5,6)16(3)17(4)24(11,12)31-20(30)22(7,8)18(28)26-23(9,10)19(29)27(13)14-25/h1,14,25H2,2-13H3,(H,26,28)/b17-16-. The van der Waals surface area contributed by atoms with Gasteiger partial charge in [-0.3, -0.25) is 14.4 Å². The van der Waals surface area contributed by atoms with Crippen molar-refractivity contribution >= 4 is 25.6 Å². The Kier molecular flexibility index (Phi) is 8.98. The van der Waals surface area contributed by atoms with Crippen LogP contribution in [0.2, 0.25) is 0 Å². The van der Waals surface area contributed by atoms with Crippen LogP contribution in [0.4, 0.5) is 0 Å². The van der Waals surface area contributed by atoms with E-state index in [1.807, 2.05) is 42.5 Å². The van der Waals surface area contributed by atoms with E-state index in [1.165, 1.54) is 18.7 Å². The Morgan fingerprint density at radius 1 is 0.903 bits per heavy atom. The molecule has 0 saturated heterocycles. The molecule has 0 unspecified atom stereocenters. The second kappa shape index (κ2) is 9.62. The number of rotatable bonds is 9. The van der Waals surface area contributed by atoms with Gasteiger partial charge in [-0.2, -0.15) is 0 Å². The maximum absolute atomic E-state index is 13.1. The minimum absolute atomic E-state index is 0.232. The lowest BCUT2D eigenvalue weighted by molar-refractivity contribution is -0.168. The van der Waals surface area contributed by atoms with Gasteiger partial charge in [-0.1, -0.05) is 31.6 Å². The van der Waals surface area contributed by atoms with E-state index in [9.17, 15) is 14.4 Å². The molecule has 0 aromatic carbocycles. The third-order valence-electron chi connectivity index (χ3n) is 6.68. The van der Waals surface area contributed by atoms with Gasteiger partial charge >= 0.3 is 5.97 Å². The molecule has 7 heteroatoms. The van der Waals surface area contributed by atoms with Crippen LogP contribution in [0.25, 0.3) is 0 Å². The molecule has 176 valence electrons. The second-order valence-electron chi connectivity index (χ2n) is 10.6. The van der Waals surface area contributed by atoms with Crippen molar-refractivity contribution in [1.82, 2.24) is 10.2 Å². The molecule has 0 aliphatic rings. The van der Waals surface area contributed by atoms with Crippen molar-refractivity contribution in [2.24, 2.45) is 10.8 Å². The Bertz CT molecular complexity index is 776. The number of nitrogens with one attached hydrogen (secondary N) is 1. The maximum Gasteiger partial charge on any atom is 0.321 e. The third kappa shape index (κ3) is 6.47. The van der Waals surface area contributed by atoms with Gasteiger partial charge in [0.2, 0.25) is 11.8 Å². The van der Waals surface area contributed by atoms with Crippen LogP contribution >= 0.6 is 0 Å². The molecule has 0 rings (SSSR count). The SMILES string of the molecule is BCN(C)C(=O)C(C)(C)NC(=O)C(C)(C)C(=O)OC(C)(C)/C(C)=C(/C)C(C)(C)C(=C)C. The van der Waals surface area contributed by atoms with Crippen LogP contribution in [0.3, 0.4) is 0 Å². The smallest absolute Gasteiger partial charge is 0.321 e. The zero-order valence-electron chi connectivity index (χ0n) is 22.0. The topological polar surface area (TPSA) is 75.7 Å². The molecule has 0 heterocycles. The molecular weight excluding hydrogens is 391 g/mol. The first-order chi connectivity index (χ1) is 13.7. The molecule has 1 N–H and O–H groups in total. The lowest BCUT2D eigenvalue weighted by atomic mass is 9.75. The van der Waals surface area contributed by atoms with Gasteiger partial charge in [-0.25, -0.2) is 0 Å². The summed E-state index contributed by atoms with van der Waals surface area (Å²) in [5.41, 5.74) is -0.810. The number of carbonyl (C=O) groups excluding carboxylic acids is 3. The van der Waals surface area contributed by atoms with E-state index < -0.39 is 28.4 Å². The number of hydrogen-bond donors (Lipinski definition) is 1. The normalized spacial score (nSPS) is 13.8. The molecule has 0 aromatic rings. The first kappa shape index (κ1) is 29.0.